The zero-order valence-corrected chi connectivity index (χ0v) is 18.3. The van der Waals surface area contributed by atoms with E-state index < -0.39 is 4.92 Å². The molecule has 0 bridgehead atoms. The minimum absolute atomic E-state index is 0.0895. The Morgan fingerprint density at radius 3 is 1.75 bits per heavy atom. The summed E-state index contributed by atoms with van der Waals surface area (Å²) in [6, 6.07) is 2.89. The number of benzene rings is 1. The molecule has 0 aromatic heterocycles. The summed E-state index contributed by atoms with van der Waals surface area (Å²) < 4.78 is 11.3. The van der Waals surface area contributed by atoms with E-state index in [0.29, 0.717) is 24.0 Å². The van der Waals surface area contributed by atoms with E-state index in [2.05, 4.69) is 13.8 Å². The quantitative estimate of drug-likeness (QED) is 0.149. The lowest BCUT2D eigenvalue weighted by molar-refractivity contribution is -0.385. The molecule has 1 aromatic rings. The molecule has 160 valence electrons. The van der Waals surface area contributed by atoms with E-state index in [1.54, 1.807) is 0 Å². The Bertz CT molecular complexity index is 566. The molecule has 0 aliphatic carbocycles. The van der Waals surface area contributed by atoms with Crippen molar-refractivity contribution in [3.05, 3.63) is 27.3 Å². The van der Waals surface area contributed by atoms with Crippen molar-refractivity contribution in [2.45, 2.75) is 90.9 Å². The van der Waals surface area contributed by atoms with Gasteiger partial charge in [0.15, 0.2) is 5.75 Å². The van der Waals surface area contributed by atoms with Gasteiger partial charge in [-0.2, -0.15) is 0 Å². The molecule has 0 atom stereocenters. The van der Waals surface area contributed by atoms with E-state index >= 15 is 0 Å². The number of halogens is 1. The zero-order chi connectivity index (χ0) is 20.6. The molecule has 5 nitrogen and oxygen atoms in total. The van der Waals surface area contributed by atoms with Crippen LogP contribution in [0.1, 0.15) is 90.9 Å². The molecule has 0 amide bonds. The molecule has 0 radical (unpaired) electrons. The van der Waals surface area contributed by atoms with Crippen LogP contribution in [0.4, 0.5) is 5.69 Å². The summed E-state index contributed by atoms with van der Waals surface area (Å²) in [5.41, 5.74) is -0.0895. The van der Waals surface area contributed by atoms with E-state index in [0.717, 1.165) is 25.7 Å². The molecule has 0 aliphatic rings. The number of ether oxygens (including phenoxy) is 2. The fraction of sp³-hybridized carbons (Fsp3) is 0.727. The van der Waals surface area contributed by atoms with Gasteiger partial charge in [0, 0.05) is 6.07 Å². The first kappa shape index (κ1) is 24.5. The first-order chi connectivity index (χ1) is 13.6. The number of rotatable bonds is 17. The van der Waals surface area contributed by atoms with Gasteiger partial charge in [0.2, 0.25) is 0 Å². The maximum absolute atomic E-state index is 11.4. The Morgan fingerprint density at radius 2 is 1.25 bits per heavy atom. The van der Waals surface area contributed by atoms with Gasteiger partial charge in [0.25, 0.3) is 0 Å². The standard InChI is InChI=1S/C22H36ClNO4/c1-3-5-7-9-11-13-15-27-21-18-20(24(25)26)22(17-19(21)23)28-16-14-12-10-8-6-4-2/h17-18H,3-16H2,1-2H3. The van der Waals surface area contributed by atoms with Gasteiger partial charge in [-0.25, -0.2) is 0 Å². The van der Waals surface area contributed by atoms with Crippen molar-refractivity contribution in [1.82, 2.24) is 0 Å². The highest BCUT2D eigenvalue weighted by Gasteiger charge is 2.20. The average Bonchev–Trinajstić information content (AvgIpc) is 2.67. The summed E-state index contributed by atoms with van der Waals surface area (Å²) in [4.78, 5) is 11.0. The Morgan fingerprint density at radius 1 is 0.786 bits per heavy atom. The van der Waals surface area contributed by atoms with E-state index in [1.807, 2.05) is 0 Å². The van der Waals surface area contributed by atoms with Gasteiger partial charge in [-0.3, -0.25) is 10.1 Å². The number of hydrogen-bond acceptors (Lipinski definition) is 4. The summed E-state index contributed by atoms with van der Waals surface area (Å²) in [5.74, 6) is 0.573. The van der Waals surface area contributed by atoms with Crippen LogP contribution in [0, 0.1) is 10.1 Å². The molecular formula is C22H36ClNO4. The second kappa shape index (κ2) is 15.4. The van der Waals surface area contributed by atoms with Crippen LogP contribution in [0.3, 0.4) is 0 Å². The minimum atomic E-state index is -0.440. The lowest BCUT2D eigenvalue weighted by Crippen LogP contribution is -2.03. The Labute approximate surface area is 174 Å². The predicted octanol–water partition coefficient (Wildman–Crippen LogP) is 7.73. The third-order valence-corrected chi connectivity index (χ3v) is 5.02. The third kappa shape index (κ3) is 10.2. The monoisotopic (exact) mass is 413 g/mol. The second-order valence-electron chi connectivity index (χ2n) is 7.24. The van der Waals surface area contributed by atoms with Crippen LogP contribution in [-0.4, -0.2) is 18.1 Å². The first-order valence-electron chi connectivity index (χ1n) is 10.8. The highest BCUT2D eigenvalue weighted by Crippen LogP contribution is 2.37. The van der Waals surface area contributed by atoms with Crippen molar-refractivity contribution in [2.24, 2.45) is 0 Å². The molecule has 28 heavy (non-hydrogen) atoms. The number of nitrogens with zero attached hydrogens (tertiary/aromatic N) is 1. The van der Waals surface area contributed by atoms with Crippen LogP contribution < -0.4 is 9.47 Å². The number of nitro benzene ring substituents is 1. The molecule has 0 heterocycles. The predicted molar refractivity (Wildman–Crippen MR) is 116 cm³/mol. The molecule has 0 aliphatic heterocycles. The van der Waals surface area contributed by atoms with E-state index in [4.69, 9.17) is 21.1 Å². The van der Waals surface area contributed by atoms with Crippen LogP contribution in [0.5, 0.6) is 11.5 Å². The molecule has 6 heteroatoms. The van der Waals surface area contributed by atoms with Gasteiger partial charge in [0.05, 0.1) is 29.2 Å². The van der Waals surface area contributed by atoms with Crippen LogP contribution in [0.25, 0.3) is 0 Å². The van der Waals surface area contributed by atoms with Gasteiger partial charge in [-0.05, 0) is 12.8 Å². The van der Waals surface area contributed by atoms with Crippen LogP contribution in [0.15, 0.2) is 12.1 Å². The van der Waals surface area contributed by atoms with Crippen molar-refractivity contribution in [1.29, 1.82) is 0 Å². The molecule has 1 aromatic carbocycles. The van der Waals surface area contributed by atoms with Crippen molar-refractivity contribution in [3.8, 4) is 11.5 Å². The average molecular weight is 414 g/mol. The summed E-state index contributed by atoms with van der Waals surface area (Å²) in [6.07, 6.45) is 13.8. The fourth-order valence-electron chi connectivity index (χ4n) is 3.02. The van der Waals surface area contributed by atoms with Gasteiger partial charge < -0.3 is 9.47 Å². The van der Waals surface area contributed by atoms with Crippen LogP contribution >= 0.6 is 11.6 Å². The number of hydrogen-bond donors (Lipinski definition) is 0. The summed E-state index contributed by atoms with van der Waals surface area (Å²) in [6.45, 7) is 5.36. The van der Waals surface area contributed by atoms with Crippen LogP contribution in [-0.2, 0) is 0 Å². The third-order valence-electron chi connectivity index (χ3n) is 4.72. The number of nitro groups is 1. The minimum Gasteiger partial charge on any atom is -0.492 e. The van der Waals surface area contributed by atoms with Crippen molar-refractivity contribution < 1.29 is 14.4 Å². The van der Waals surface area contributed by atoms with Crippen molar-refractivity contribution in [3.63, 3.8) is 0 Å². The van der Waals surface area contributed by atoms with Gasteiger partial charge >= 0.3 is 5.69 Å². The lowest BCUT2D eigenvalue weighted by Gasteiger charge is -2.11. The molecule has 0 unspecified atom stereocenters. The van der Waals surface area contributed by atoms with Gasteiger partial charge in [0.1, 0.15) is 5.75 Å². The van der Waals surface area contributed by atoms with Gasteiger partial charge in [-0.15, -0.1) is 0 Å². The first-order valence-corrected chi connectivity index (χ1v) is 11.2. The molecule has 0 fully saturated rings. The highest BCUT2D eigenvalue weighted by molar-refractivity contribution is 6.32. The lowest BCUT2D eigenvalue weighted by atomic mass is 10.1. The maximum Gasteiger partial charge on any atom is 0.314 e. The van der Waals surface area contributed by atoms with Crippen molar-refractivity contribution >= 4 is 17.3 Å². The smallest absolute Gasteiger partial charge is 0.314 e. The maximum atomic E-state index is 11.4. The summed E-state index contributed by atoms with van der Waals surface area (Å²) >= 11 is 6.26. The zero-order valence-electron chi connectivity index (χ0n) is 17.5. The molecular weight excluding hydrogens is 378 g/mol. The molecule has 0 saturated carbocycles. The number of unbranched alkanes of at least 4 members (excludes halogenated alkanes) is 10. The normalized spacial score (nSPS) is 10.8. The molecule has 0 spiro atoms. The van der Waals surface area contributed by atoms with Crippen molar-refractivity contribution in [2.75, 3.05) is 13.2 Å². The molecule has 0 N–H and O–H groups in total. The summed E-state index contributed by atoms with van der Waals surface area (Å²) in [7, 11) is 0. The molecule has 0 saturated heterocycles. The summed E-state index contributed by atoms with van der Waals surface area (Å²) in [5, 5.41) is 11.8. The van der Waals surface area contributed by atoms with Crippen LogP contribution in [0.2, 0.25) is 5.02 Å². The Hall–Kier alpha value is -1.49. The highest BCUT2D eigenvalue weighted by atomic mass is 35.5. The van der Waals surface area contributed by atoms with E-state index in [-0.39, 0.29) is 11.4 Å². The SMILES string of the molecule is CCCCCCCCOc1cc([N+](=O)[O-])c(OCCCCCCCC)cc1Cl. The fourth-order valence-corrected chi connectivity index (χ4v) is 3.23. The molecule has 1 rings (SSSR count). The van der Waals surface area contributed by atoms with Gasteiger partial charge in [-0.1, -0.05) is 89.7 Å². The van der Waals surface area contributed by atoms with E-state index in [9.17, 15) is 10.1 Å². The largest absolute Gasteiger partial charge is 0.492 e. The Balaban J connectivity index is 2.47. The van der Waals surface area contributed by atoms with E-state index in [1.165, 1.54) is 63.5 Å². The Kier molecular flexibility index (Phi) is 13.5. The second-order valence-corrected chi connectivity index (χ2v) is 7.65. The topological polar surface area (TPSA) is 61.6 Å².